The van der Waals surface area contributed by atoms with Crippen LogP contribution in [-0.2, 0) is 21.4 Å². The number of Topliss-reactive ketones (excluding diaryl/α,β-unsaturated/α-hetero) is 2. The summed E-state index contributed by atoms with van der Waals surface area (Å²) in [6, 6.07) is 3.23. The highest BCUT2D eigenvalue weighted by Crippen LogP contribution is 2.47. The van der Waals surface area contributed by atoms with Crippen LogP contribution in [-0.4, -0.2) is 47.6 Å². The monoisotopic (exact) mass is 414 g/mol. The van der Waals surface area contributed by atoms with Crippen molar-refractivity contribution in [2.24, 2.45) is 0 Å². The lowest BCUT2D eigenvalue weighted by Crippen LogP contribution is -2.56. The number of ether oxygens (including phenoxy) is 2. The molecule has 2 aromatic carbocycles. The van der Waals surface area contributed by atoms with Crippen molar-refractivity contribution in [3.8, 4) is 11.5 Å². The Morgan fingerprint density at radius 3 is 2.30 bits per heavy atom. The van der Waals surface area contributed by atoms with Gasteiger partial charge in [-0.1, -0.05) is 13.3 Å². The van der Waals surface area contributed by atoms with Crippen molar-refractivity contribution in [1.82, 2.24) is 0 Å². The molecule has 0 saturated heterocycles. The molecule has 0 amide bonds. The third-order valence-corrected chi connectivity index (χ3v) is 5.93. The predicted octanol–water partition coefficient (Wildman–Crippen LogP) is 3.09. The highest BCUT2D eigenvalue weighted by molar-refractivity contribution is 6.26. The van der Waals surface area contributed by atoms with Crippen LogP contribution < -0.4 is 4.74 Å². The van der Waals surface area contributed by atoms with E-state index in [1.54, 1.807) is 26.0 Å². The van der Waals surface area contributed by atoms with Gasteiger partial charge in [-0.05, 0) is 55.8 Å². The summed E-state index contributed by atoms with van der Waals surface area (Å²) in [5, 5.41) is 22.7. The summed E-state index contributed by atoms with van der Waals surface area (Å²) in [5.41, 5.74) is -2.59. The molecule has 1 aliphatic carbocycles. The largest absolute Gasteiger partial charge is 0.507 e. The molecule has 0 unspecified atom stereocenters. The number of hydrogen-bond acceptors (Lipinski definition) is 7. The second-order valence-corrected chi connectivity index (χ2v) is 8.28. The number of benzene rings is 2. The molecule has 0 aliphatic heterocycles. The van der Waals surface area contributed by atoms with E-state index in [0.29, 0.717) is 34.7 Å². The number of methoxy groups -OCH3 is 2. The van der Waals surface area contributed by atoms with Gasteiger partial charge in [-0.25, -0.2) is 4.79 Å². The normalized spacial score (nSPS) is 20.2. The van der Waals surface area contributed by atoms with Crippen molar-refractivity contribution in [1.29, 1.82) is 0 Å². The Morgan fingerprint density at radius 2 is 1.77 bits per heavy atom. The zero-order valence-electron chi connectivity index (χ0n) is 18.0. The molecule has 1 atom stereocenters. The predicted molar refractivity (Wildman–Crippen MR) is 110 cm³/mol. The number of aryl methyl sites for hydroxylation is 1. The maximum atomic E-state index is 13.0. The molecule has 0 spiro atoms. The van der Waals surface area contributed by atoms with Gasteiger partial charge in [0.15, 0.2) is 11.4 Å². The molecule has 0 heterocycles. The van der Waals surface area contributed by atoms with Crippen LogP contribution in [0.5, 0.6) is 11.5 Å². The molecule has 0 radical (unpaired) electrons. The first-order chi connectivity index (χ1) is 13.9. The van der Waals surface area contributed by atoms with Crippen LogP contribution in [0.1, 0.15) is 66.0 Å². The molecule has 2 aromatic rings. The van der Waals surface area contributed by atoms with Gasteiger partial charge < -0.3 is 19.7 Å². The van der Waals surface area contributed by atoms with Crippen molar-refractivity contribution in [3.05, 3.63) is 34.4 Å². The zero-order chi connectivity index (χ0) is 22.6. The number of aromatic hydroxyl groups is 1. The molecular formula is C23H26O7. The van der Waals surface area contributed by atoms with Gasteiger partial charge in [-0.3, -0.25) is 9.59 Å². The summed E-state index contributed by atoms with van der Waals surface area (Å²) in [4.78, 5) is 38.4. The Balaban J connectivity index is 2.55. The van der Waals surface area contributed by atoms with Crippen LogP contribution in [0.15, 0.2) is 12.1 Å². The molecule has 0 fully saturated rings. The minimum absolute atomic E-state index is 0.101. The van der Waals surface area contributed by atoms with Crippen LogP contribution in [0.2, 0.25) is 0 Å². The number of phenolic OH excluding ortho intramolecular Hbond substituents is 1. The van der Waals surface area contributed by atoms with Gasteiger partial charge in [0, 0.05) is 5.39 Å². The van der Waals surface area contributed by atoms with E-state index >= 15 is 0 Å². The van der Waals surface area contributed by atoms with Crippen LogP contribution in [0, 0.1) is 0 Å². The first kappa shape index (κ1) is 21.8. The third-order valence-electron chi connectivity index (χ3n) is 5.93. The lowest BCUT2D eigenvalue weighted by molar-refractivity contribution is -0.137. The Morgan fingerprint density at radius 1 is 1.13 bits per heavy atom. The minimum atomic E-state index is -2.26. The second-order valence-electron chi connectivity index (χ2n) is 8.28. The van der Waals surface area contributed by atoms with Crippen molar-refractivity contribution in [3.63, 3.8) is 0 Å². The average Bonchev–Trinajstić information content (AvgIpc) is 2.70. The fraction of sp³-hybridized carbons (Fsp3) is 0.435. The first-order valence-corrected chi connectivity index (χ1v) is 9.75. The number of ketones is 2. The van der Waals surface area contributed by atoms with E-state index in [4.69, 9.17) is 9.47 Å². The van der Waals surface area contributed by atoms with Gasteiger partial charge in [0.25, 0.3) is 0 Å². The molecule has 0 saturated carbocycles. The zero-order valence-corrected chi connectivity index (χ0v) is 18.0. The van der Waals surface area contributed by atoms with Crippen molar-refractivity contribution in [2.45, 2.75) is 51.6 Å². The SMILES string of the molecule is CCCc1c(C(=O)OC)c(OC)cc2cc3c(c(O)c12)C(=O)[C@@](C)(O)C(=O)C3(C)C. The summed E-state index contributed by atoms with van der Waals surface area (Å²) < 4.78 is 10.3. The number of carbonyl (C=O) groups excluding carboxylic acids is 3. The molecule has 1 aliphatic rings. The summed E-state index contributed by atoms with van der Waals surface area (Å²) in [7, 11) is 2.68. The van der Waals surface area contributed by atoms with E-state index < -0.39 is 28.6 Å². The number of phenols is 1. The second kappa shape index (κ2) is 7.09. The fourth-order valence-corrected chi connectivity index (χ4v) is 4.39. The van der Waals surface area contributed by atoms with Gasteiger partial charge in [0.2, 0.25) is 5.78 Å². The summed E-state index contributed by atoms with van der Waals surface area (Å²) in [5.74, 6) is -2.21. The molecule has 160 valence electrons. The van der Waals surface area contributed by atoms with Gasteiger partial charge >= 0.3 is 5.97 Å². The topological polar surface area (TPSA) is 110 Å². The maximum absolute atomic E-state index is 13.0. The number of carbonyl (C=O) groups is 3. The van der Waals surface area contributed by atoms with Crippen LogP contribution in [0.3, 0.4) is 0 Å². The molecule has 0 bridgehead atoms. The van der Waals surface area contributed by atoms with Crippen LogP contribution in [0.25, 0.3) is 10.8 Å². The fourth-order valence-electron chi connectivity index (χ4n) is 4.39. The number of hydrogen-bond donors (Lipinski definition) is 2. The Bertz CT molecular complexity index is 1090. The lowest BCUT2D eigenvalue weighted by Gasteiger charge is -2.38. The van der Waals surface area contributed by atoms with Gasteiger partial charge in [0.1, 0.15) is 17.1 Å². The van der Waals surface area contributed by atoms with Crippen LogP contribution in [0.4, 0.5) is 0 Å². The maximum Gasteiger partial charge on any atom is 0.341 e. The summed E-state index contributed by atoms with van der Waals surface area (Å²) in [6.45, 7) is 6.27. The van der Waals surface area contributed by atoms with Gasteiger partial charge in [-0.15, -0.1) is 0 Å². The van der Waals surface area contributed by atoms with Crippen LogP contribution >= 0.6 is 0 Å². The van der Waals surface area contributed by atoms with E-state index in [0.717, 1.165) is 6.92 Å². The van der Waals surface area contributed by atoms with E-state index in [1.807, 2.05) is 6.92 Å². The summed E-state index contributed by atoms with van der Waals surface area (Å²) in [6.07, 6.45) is 1.07. The molecule has 30 heavy (non-hydrogen) atoms. The quantitative estimate of drug-likeness (QED) is 0.584. The molecule has 2 N–H and O–H groups in total. The number of esters is 1. The highest BCUT2D eigenvalue weighted by Gasteiger charge is 2.54. The number of rotatable bonds is 4. The van der Waals surface area contributed by atoms with Crippen molar-refractivity contribution >= 4 is 28.3 Å². The van der Waals surface area contributed by atoms with E-state index in [2.05, 4.69) is 0 Å². The highest BCUT2D eigenvalue weighted by atomic mass is 16.5. The van der Waals surface area contributed by atoms with Crippen molar-refractivity contribution in [2.75, 3.05) is 14.2 Å². The number of fused-ring (bicyclic) bond motifs is 2. The number of aliphatic hydroxyl groups is 1. The molecular weight excluding hydrogens is 388 g/mol. The molecule has 7 heteroatoms. The molecule has 7 nitrogen and oxygen atoms in total. The standard InChI is InChI=1S/C23H26O7/c1-7-8-12-15-11(10-14(29-5)16(12)20(26)30-6)9-13-17(18(15)24)19(25)23(4,28)21(27)22(13,2)3/h9-10,24,28H,7-8H2,1-6H3/t23-/m1/s1. The molecule has 0 aromatic heterocycles. The van der Waals surface area contributed by atoms with Crippen molar-refractivity contribution < 1.29 is 34.1 Å². The Labute approximate surface area is 174 Å². The minimum Gasteiger partial charge on any atom is -0.507 e. The molecule has 3 rings (SSSR count). The Kier molecular flexibility index (Phi) is 5.15. The summed E-state index contributed by atoms with van der Waals surface area (Å²) >= 11 is 0. The van der Waals surface area contributed by atoms with Gasteiger partial charge in [-0.2, -0.15) is 0 Å². The van der Waals surface area contributed by atoms with E-state index in [9.17, 15) is 24.6 Å². The average molecular weight is 414 g/mol. The Hall–Kier alpha value is -2.93. The lowest BCUT2D eigenvalue weighted by atomic mass is 9.64. The van der Waals surface area contributed by atoms with E-state index in [1.165, 1.54) is 14.2 Å². The van der Waals surface area contributed by atoms with Gasteiger partial charge in [0.05, 0.1) is 25.2 Å². The first-order valence-electron chi connectivity index (χ1n) is 9.75. The smallest absolute Gasteiger partial charge is 0.341 e. The van der Waals surface area contributed by atoms with E-state index in [-0.39, 0.29) is 22.6 Å². The third kappa shape index (κ3) is 2.80.